The van der Waals surface area contributed by atoms with Crippen molar-refractivity contribution in [1.29, 1.82) is 0 Å². The minimum atomic E-state index is -0.895. The number of hydrogen-bond acceptors (Lipinski definition) is 3. The van der Waals surface area contributed by atoms with Crippen LogP contribution in [0, 0.1) is 5.41 Å². The van der Waals surface area contributed by atoms with E-state index in [4.69, 9.17) is 5.11 Å². The summed E-state index contributed by atoms with van der Waals surface area (Å²) >= 11 is 0. The third-order valence-electron chi connectivity index (χ3n) is 2.55. The molecule has 0 aliphatic heterocycles. The molecular weight excluding hydrogens is 208 g/mol. The second kappa shape index (κ2) is 7.00. The molecule has 0 radical (unpaired) electrons. The number of nitrogens with one attached hydrogen (secondary N) is 2. The van der Waals surface area contributed by atoms with Gasteiger partial charge in [-0.3, -0.25) is 9.59 Å². The maximum absolute atomic E-state index is 11.3. The summed E-state index contributed by atoms with van der Waals surface area (Å²) in [7, 11) is 0. The van der Waals surface area contributed by atoms with E-state index in [1.807, 2.05) is 0 Å². The van der Waals surface area contributed by atoms with Gasteiger partial charge in [0.05, 0.1) is 12.0 Å². The standard InChI is InChI=1S/C11H20N2O3/c1-4-6-12-7-9(14)13-8-11(3,5-2)10(15)16/h4,12H,1,5-8H2,2-3H3,(H,13,14)(H,15,16). The van der Waals surface area contributed by atoms with E-state index >= 15 is 0 Å². The molecule has 5 nitrogen and oxygen atoms in total. The van der Waals surface area contributed by atoms with E-state index in [1.165, 1.54) is 0 Å². The number of carbonyl (C=O) groups is 2. The summed E-state index contributed by atoms with van der Waals surface area (Å²) in [5, 5.41) is 14.4. The summed E-state index contributed by atoms with van der Waals surface area (Å²) in [4.78, 5) is 22.2. The maximum Gasteiger partial charge on any atom is 0.311 e. The second-order valence-electron chi connectivity index (χ2n) is 3.92. The number of aliphatic carboxylic acids is 1. The average Bonchev–Trinajstić information content (AvgIpc) is 2.26. The minimum absolute atomic E-state index is 0.146. The predicted molar refractivity (Wildman–Crippen MR) is 62.1 cm³/mol. The lowest BCUT2D eigenvalue weighted by molar-refractivity contribution is -0.148. The summed E-state index contributed by atoms with van der Waals surface area (Å²) in [6.45, 7) is 7.78. The van der Waals surface area contributed by atoms with Crippen LogP contribution in [0.3, 0.4) is 0 Å². The highest BCUT2D eigenvalue weighted by Crippen LogP contribution is 2.19. The summed E-state index contributed by atoms with van der Waals surface area (Å²) in [6.07, 6.45) is 2.13. The Hall–Kier alpha value is -1.36. The van der Waals surface area contributed by atoms with Crippen LogP contribution in [-0.4, -0.2) is 36.6 Å². The quantitative estimate of drug-likeness (QED) is 0.414. The van der Waals surface area contributed by atoms with Gasteiger partial charge in [-0.25, -0.2) is 0 Å². The van der Waals surface area contributed by atoms with E-state index < -0.39 is 11.4 Å². The van der Waals surface area contributed by atoms with Crippen molar-refractivity contribution in [1.82, 2.24) is 10.6 Å². The van der Waals surface area contributed by atoms with Gasteiger partial charge in [0.1, 0.15) is 0 Å². The zero-order valence-electron chi connectivity index (χ0n) is 9.88. The molecule has 0 fully saturated rings. The monoisotopic (exact) mass is 228 g/mol. The number of amides is 1. The normalized spacial score (nSPS) is 13.9. The van der Waals surface area contributed by atoms with Crippen LogP contribution in [0.5, 0.6) is 0 Å². The van der Waals surface area contributed by atoms with Crippen molar-refractivity contribution in [2.45, 2.75) is 20.3 Å². The molecule has 16 heavy (non-hydrogen) atoms. The lowest BCUT2D eigenvalue weighted by Crippen LogP contribution is -2.43. The van der Waals surface area contributed by atoms with Crippen molar-refractivity contribution in [2.75, 3.05) is 19.6 Å². The van der Waals surface area contributed by atoms with E-state index in [0.717, 1.165) is 0 Å². The largest absolute Gasteiger partial charge is 0.481 e. The lowest BCUT2D eigenvalue weighted by atomic mass is 9.88. The number of carbonyl (C=O) groups excluding carboxylic acids is 1. The van der Waals surface area contributed by atoms with Crippen LogP contribution >= 0.6 is 0 Å². The molecule has 1 atom stereocenters. The fourth-order valence-electron chi connectivity index (χ4n) is 0.996. The Balaban J connectivity index is 3.98. The van der Waals surface area contributed by atoms with Gasteiger partial charge in [0.2, 0.25) is 5.91 Å². The third-order valence-corrected chi connectivity index (χ3v) is 2.55. The smallest absolute Gasteiger partial charge is 0.311 e. The maximum atomic E-state index is 11.3. The molecule has 0 rings (SSSR count). The summed E-state index contributed by atoms with van der Waals surface area (Å²) in [5.41, 5.74) is -0.895. The molecule has 0 aromatic carbocycles. The molecule has 1 unspecified atom stereocenters. The molecular formula is C11H20N2O3. The fraction of sp³-hybridized carbons (Fsp3) is 0.636. The van der Waals surface area contributed by atoms with Gasteiger partial charge in [-0.1, -0.05) is 13.0 Å². The van der Waals surface area contributed by atoms with Crippen molar-refractivity contribution in [2.24, 2.45) is 5.41 Å². The van der Waals surface area contributed by atoms with Crippen molar-refractivity contribution >= 4 is 11.9 Å². The Morgan fingerprint density at radius 3 is 2.56 bits per heavy atom. The average molecular weight is 228 g/mol. The Morgan fingerprint density at radius 1 is 1.50 bits per heavy atom. The Labute approximate surface area is 95.9 Å². The van der Waals surface area contributed by atoms with Crippen LogP contribution < -0.4 is 10.6 Å². The number of rotatable bonds is 8. The van der Waals surface area contributed by atoms with Gasteiger partial charge in [0.25, 0.3) is 0 Å². The first-order valence-electron chi connectivity index (χ1n) is 5.28. The third kappa shape index (κ3) is 4.93. The van der Waals surface area contributed by atoms with Crippen molar-refractivity contribution < 1.29 is 14.7 Å². The molecule has 0 aromatic heterocycles. The predicted octanol–water partition coefficient (Wildman–Crippen LogP) is 0.379. The Kier molecular flexibility index (Phi) is 6.41. The zero-order chi connectivity index (χ0) is 12.6. The van der Waals surface area contributed by atoms with Crippen LogP contribution in [0.4, 0.5) is 0 Å². The number of hydrogen-bond donors (Lipinski definition) is 3. The van der Waals surface area contributed by atoms with Gasteiger partial charge >= 0.3 is 5.97 Å². The summed E-state index contributed by atoms with van der Waals surface area (Å²) in [6, 6.07) is 0. The highest BCUT2D eigenvalue weighted by Gasteiger charge is 2.31. The minimum Gasteiger partial charge on any atom is -0.481 e. The molecule has 1 amide bonds. The first-order valence-corrected chi connectivity index (χ1v) is 5.28. The van der Waals surface area contributed by atoms with Gasteiger partial charge in [-0.05, 0) is 13.3 Å². The molecule has 0 saturated carbocycles. The van der Waals surface area contributed by atoms with Crippen molar-refractivity contribution in [3.05, 3.63) is 12.7 Å². The highest BCUT2D eigenvalue weighted by atomic mass is 16.4. The Bertz CT molecular complexity index is 266. The van der Waals surface area contributed by atoms with Crippen molar-refractivity contribution in [3.63, 3.8) is 0 Å². The molecule has 0 bridgehead atoms. The molecule has 0 saturated heterocycles. The second-order valence-corrected chi connectivity index (χ2v) is 3.92. The molecule has 0 aliphatic rings. The van der Waals surface area contributed by atoms with Gasteiger partial charge in [0.15, 0.2) is 0 Å². The molecule has 92 valence electrons. The van der Waals surface area contributed by atoms with Crippen molar-refractivity contribution in [3.8, 4) is 0 Å². The van der Waals surface area contributed by atoms with Crippen LogP contribution in [0.1, 0.15) is 20.3 Å². The number of carboxylic acids is 1. The topological polar surface area (TPSA) is 78.4 Å². The van der Waals surface area contributed by atoms with E-state index in [2.05, 4.69) is 17.2 Å². The number of carboxylic acid groups (broad SMARTS) is 1. The van der Waals surface area contributed by atoms with E-state index in [-0.39, 0.29) is 19.0 Å². The summed E-state index contributed by atoms with van der Waals surface area (Å²) in [5.74, 6) is -1.10. The molecule has 0 aromatic rings. The van der Waals surface area contributed by atoms with Crippen LogP contribution in [-0.2, 0) is 9.59 Å². The van der Waals surface area contributed by atoms with E-state index in [9.17, 15) is 9.59 Å². The van der Waals surface area contributed by atoms with Gasteiger partial charge < -0.3 is 15.7 Å². The highest BCUT2D eigenvalue weighted by molar-refractivity contribution is 5.80. The molecule has 0 heterocycles. The first-order chi connectivity index (χ1) is 7.46. The SMILES string of the molecule is C=CCNCC(=O)NCC(C)(CC)C(=O)O. The van der Waals surface area contributed by atoms with E-state index in [0.29, 0.717) is 13.0 Å². The molecule has 3 N–H and O–H groups in total. The zero-order valence-corrected chi connectivity index (χ0v) is 9.88. The Morgan fingerprint density at radius 2 is 2.12 bits per heavy atom. The molecule has 5 heteroatoms. The van der Waals surface area contributed by atoms with Crippen LogP contribution in [0.15, 0.2) is 12.7 Å². The lowest BCUT2D eigenvalue weighted by Gasteiger charge is -2.23. The fourth-order valence-corrected chi connectivity index (χ4v) is 0.996. The van der Waals surface area contributed by atoms with Crippen LogP contribution in [0.2, 0.25) is 0 Å². The van der Waals surface area contributed by atoms with Gasteiger partial charge in [0, 0.05) is 13.1 Å². The van der Waals surface area contributed by atoms with Gasteiger partial charge in [-0.15, -0.1) is 6.58 Å². The summed E-state index contributed by atoms with van der Waals surface area (Å²) < 4.78 is 0. The van der Waals surface area contributed by atoms with Crippen LogP contribution in [0.25, 0.3) is 0 Å². The van der Waals surface area contributed by atoms with E-state index in [1.54, 1.807) is 19.9 Å². The molecule has 0 spiro atoms. The first kappa shape index (κ1) is 14.6. The van der Waals surface area contributed by atoms with Gasteiger partial charge in [-0.2, -0.15) is 0 Å². The molecule has 0 aliphatic carbocycles.